The first kappa shape index (κ1) is 43.1. The van der Waals surface area contributed by atoms with Crippen molar-refractivity contribution in [1.29, 1.82) is 0 Å². The maximum atomic E-state index is 5.62. The summed E-state index contributed by atoms with van der Waals surface area (Å²) in [5.41, 5.74) is 17.6. The molecule has 4 aliphatic rings. The fourth-order valence-electron chi connectivity index (χ4n) is 14.3. The summed E-state index contributed by atoms with van der Waals surface area (Å²) in [5, 5.41) is 6.06. The van der Waals surface area contributed by atoms with Gasteiger partial charge in [0.05, 0.1) is 32.7 Å². The monoisotopic (exact) mass is 970 g/mol. The minimum absolute atomic E-state index is 0.227. The lowest BCUT2D eigenvalue weighted by atomic mass is 9.62. The predicted octanol–water partition coefficient (Wildman–Crippen LogP) is 15.3. The Morgan fingerprint density at radius 2 is 0.974 bits per heavy atom. The molecule has 0 spiro atoms. The van der Waals surface area contributed by atoms with Gasteiger partial charge in [-0.25, -0.2) is 9.97 Å². The molecule has 0 bridgehead atoms. The Bertz CT molecular complexity index is 4500. The molecule has 3 aromatic heterocycles. The van der Waals surface area contributed by atoms with E-state index in [2.05, 4.69) is 270 Å². The van der Waals surface area contributed by atoms with Crippen molar-refractivity contribution in [1.82, 2.24) is 19.1 Å². The zero-order valence-corrected chi connectivity index (χ0v) is 41.8. The summed E-state index contributed by atoms with van der Waals surface area (Å²) in [6, 6.07) is 83.3. The van der Waals surface area contributed by atoms with E-state index in [-0.39, 0.29) is 11.3 Å². The van der Waals surface area contributed by atoms with Crippen LogP contribution >= 0.6 is 0 Å². The lowest BCUT2D eigenvalue weighted by Crippen LogP contribution is -2.35. The lowest BCUT2D eigenvalue weighted by molar-refractivity contribution is 0.458. The van der Waals surface area contributed by atoms with Crippen LogP contribution in [-0.4, -0.2) is 19.1 Å². The van der Waals surface area contributed by atoms with Crippen LogP contribution in [-0.2, 0) is 10.8 Å². The Labute approximate surface area is 441 Å². The van der Waals surface area contributed by atoms with Gasteiger partial charge in [-0.3, -0.25) is 9.13 Å². The summed E-state index contributed by atoms with van der Waals surface area (Å²) < 4.78 is 4.85. The standard InChI is InChI=1S/C72H50N4/c1-6-24-47(25-7-1)70-73-68(75-64-40-22-18-36-54(64)58-42-62-56(44-66(58)75)52-34-16-20-38-60(52)71(62,48-26-8-2-9-27-48)49-28-10-3-11-29-49)46-69(74-70)76-65-41-23-19-37-55(65)59-43-63-57(45-67(59)76)53-35-17-21-39-61(53)72(63,50-30-12-4-13-31-50)51-32-14-5-15-33-51/h1-18,20-22,24-28,30-46,49H,19,23,29H2. The SMILES string of the molecule is C1=CCC(C2(c3ccccc3)c3ccccc3-c3cc4c(cc32)c2ccccc2n4-c2cc(-n3c4c(c5cc6c(cc53)-c3ccccc3C6(c3ccccc3)c3ccccc3)=CCCC=4)nc(-c3ccccc3)n2)C=C1. The van der Waals surface area contributed by atoms with E-state index in [1.165, 1.54) is 87.9 Å². The highest BCUT2D eigenvalue weighted by Crippen LogP contribution is 2.60. The third-order valence-electron chi connectivity index (χ3n) is 17.3. The fraction of sp³-hybridized carbons (Fsp3) is 0.0833. The number of hydrogen-bond acceptors (Lipinski definition) is 2. The second kappa shape index (κ2) is 16.6. The predicted molar refractivity (Wildman–Crippen MR) is 312 cm³/mol. The highest BCUT2D eigenvalue weighted by Gasteiger charge is 2.50. The first-order valence-electron chi connectivity index (χ1n) is 26.8. The minimum Gasteiger partial charge on any atom is -0.294 e. The molecule has 0 aliphatic heterocycles. The van der Waals surface area contributed by atoms with Gasteiger partial charge in [-0.05, 0) is 117 Å². The Balaban J connectivity index is 0.982. The molecule has 9 aromatic carbocycles. The van der Waals surface area contributed by atoms with Crippen LogP contribution in [0.3, 0.4) is 0 Å². The van der Waals surface area contributed by atoms with Crippen molar-refractivity contribution >= 4 is 44.9 Å². The van der Waals surface area contributed by atoms with Gasteiger partial charge < -0.3 is 0 Å². The van der Waals surface area contributed by atoms with Crippen LogP contribution in [0.25, 0.3) is 90.1 Å². The Morgan fingerprint density at radius 3 is 1.68 bits per heavy atom. The molecule has 16 rings (SSSR count). The van der Waals surface area contributed by atoms with Gasteiger partial charge in [0.25, 0.3) is 0 Å². The van der Waals surface area contributed by atoms with E-state index in [9.17, 15) is 0 Å². The average molecular weight is 971 g/mol. The van der Waals surface area contributed by atoms with E-state index in [0.29, 0.717) is 5.82 Å². The van der Waals surface area contributed by atoms with E-state index < -0.39 is 5.41 Å². The number of hydrogen-bond donors (Lipinski definition) is 0. The van der Waals surface area contributed by atoms with Crippen molar-refractivity contribution in [3.63, 3.8) is 0 Å². The summed E-state index contributed by atoms with van der Waals surface area (Å²) in [4.78, 5) is 11.2. The molecule has 2 atom stereocenters. The maximum absolute atomic E-state index is 5.62. The van der Waals surface area contributed by atoms with Crippen molar-refractivity contribution < 1.29 is 0 Å². The van der Waals surface area contributed by atoms with Crippen molar-refractivity contribution in [3.8, 4) is 45.3 Å². The number of fused-ring (bicyclic) bond motifs is 12. The molecule has 0 fully saturated rings. The van der Waals surface area contributed by atoms with Gasteiger partial charge >= 0.3 is 0 Å². The highest BCUT2D eigenvalue weighted by molar-refractivity contribution is 6.11. The second-order valence-corrected chi connectivity index (χ2v) is 21.0. The third kappa shape index (κ3) is 5.90. The normalized spacial score (nSPS) is 17.4. The number of rotatable bonds is 7. The number of allylic oxidation sites excluding steroid dienone is 4. The van der Waals surface area contributed by atoms with Crippen molar-refractivity contribution in [3.05, 3.63) is 298 Å². The van der Waals surface area contributed by atoms with Crippen LogP contribution in [0, 0.1) is 5.92 Å². The van der Waals surface area contributed by atoms with Gasteiger partial charge in [-0.2, -0.15) is 0 Å². The molecule has 0 saturated heterocycles. The van der Waals surface area contributed by atoms with Crippen molar-refractivity contribution in [2.75, 3.05) is 0 Å². The first-order chi connectivity index (χ1) is 37.7. The van der Waals surface area contributed by atoms with E-state index in [4.69, 9.17) is 9.97 Å². The van der Waals surface area contributed by atoms with Crippen molar-refractivity contribution in [2.24, 2.45) is 5.92 Å². The van der Waals surface area contributed by atoms with Crippen LogP contribution in [0.2, 0.25) is 0 Å². The van der Waals surface area contributed by atoms with Gasteiger partial charge in [0.15, 0.2) is 5.82 Å². The Morgan fingerprint density at radius 1 is 0.408 bits per heavy atom. The van der Waals surface area contributed by atoms with E-state index in [1.807, 2.05) is 0 Å². The molecule has 0 N–H and O–H groups in total. The molecule has 2 unspecified atom stereocenters. The van der Waals surface area contributed by atoms with Gasteiger partial charge in [0.1, 0.15) is 11.6 Å². The molecule has 76 heavy (non-hydrogen) atoms. The molecule has 358 valence electrons. The molecule has 4 aliphatic carbocycles. The summed E-state index contributed by atoms with van der Waals surface area (Å²) >= 11 is 0. The smallest absolute Gasteiger partial charge is 0.163 e. The lowest BCUT2D eigenvalue weighted by Gasteiger charge is -2.39. The van der Waals surface area contributed by atoms with Gasteiger partial charge in [-0.15, -0.1) is 0 Å². The molecular formula is C72H50N4. The Kier molecular flexibility index (Phi) is 9.38. The van der Waals surface area contributed by atoms with Crippen LogP contribution in [0.1, 0.15) is 58.2 Å². The highest BCUT2D eigenvalue weighted by atomic mass is 15.1. The molecule has 0 radical (unpaired) electrons. The van der Waals surface area contributed by atoms with Crippen LogP contribution < -0.4 is 10.6 Å². The number of para-hydroxylation sites is 1. The summed E-state index contributed by atoms with van der Waals surface area (Å²) in [6.07, 6.45) is 17.0. The van der Waals surface area contributed by atoms with Gasteiger partial charge in [0, 0.05) is 33.0 Å². The maximum Gasteiger partial charge on any atom is 0.163 e. The van der Waals surface area contributed by atoms with E-state index in [0.717, 1.165) is 53.0 Å². The first-order valence-corrected chi connectivity index (χ1v) is 26.8. The largest absolute Gasteiger partial charge is 0.294 e. The number of benzene rings is 9. The number of aromatic nitrogens is 4. The third-order valence-corrected chi connectivity index (χ3v) is 17.3. The summed E-state index contributed by atoms with van der Waals surface area (Å²) in [6.45, 7) is 0. The zero-order chi connectivity index (χ0) is 50.0. The quantitative estimate of drug-likeness (QED) is 0.160. The molecule has 0 saturated carbocycles. The average Bonchev–Trinajstić information content (AvgIpc) is 4.21. The van der Waals surface area contributed by atoms with Crippen LogP contribution in [0.4, 0.5) is 0 Å². The fourth-order valence-corrected chi connectivity index (χ4v) is 14.3. The zero-order valence-electron chi connectivity index (χ0n) is 41.8. The summed E-state index contributed by atoms with van der Waals surface area (Å²) in [7, 11) is 0. The molecule has 3 heterocycles. The summed E-state index contributed by atoms with van der Waals surface area (Å²) in [5.74, 6) is 2.57. The second-order valence-electron chi connectivity index (χ2n) is 21.0. The number of nitrogens with zero attached hydrogens (tertiary/aromatic N) is 4. The van der Waals surface area contributed by atoms with Gasteiger partial charge in [-0.1, -0.05) is 225 Å². The molecule has 12 aromatic rings. The topological polar surface area (TPSA) is 35.6 Å². The molecule has 4 nitrogen and oxygen atoms in total. The van der Waals surface area contributed by atoms with Crippen LogP contribution in [0.15, 0.2) is 249 Å². The van der Waals surface area contributed by atoms with Gasteiger partial charge in [0.2, 0.25) is 0 Å². The molecular weight excluding hydrogens is 921 g/mol. The minimum atomic E-state index is -0.513. The van der Waals surface area contributed by atoms with E-state index in [1.54, 1.807) is 0 Å². The van der Waals surface area contributed by atoms with E-state index >= 15 is 0 Å². The Hall–Kier alpha value is -9.38. The van der Waals surface area contributed by atoms with Crippen LogP contribution in [0.5, 0.6) is 0 Å². The molecule has 0 amide bonds. The van der Waals surface area contributed by atoms with Crippen molar-refractivity contribution in [2.45, 2.75) is 30.1 Å². The molecule has 4 heteroatoms.